The molecule has 1 aliphatic carbocycles. The van der Waals surface area contributed by atoms with Crippen molar-refractivity contribution >= 4 is 11.8 Å². The number of fused-ring (bicyclic) bond motifs is 1. The van der Waals surface area contributed by atoms with Crippen molar-refractivity contribution in [3.05, 3.63) is 53.4 Å². The minimum Gasteiger partial charge on any atom is -0.491 e. The van der Waals surface area contributed by atoms with Crippen LogP contribution in [0.1, 0.15) is 60.0 Å². The van der Waals surface area contributed by atoms with E-state index in [0.29, 0.717) is 38.1 Å². The van der Waals surface area contributed by atoms with Gasteiger partial charge in [0.05, 0.1) is 31.6 Å². The first kappa shape index (κ1) is 24.3. The number of rotatable bonds is 5. The Bertz CT molecular complexity index is 1400. The molecule has 38 heavy (non-hydrogen) atoms. The van der Waals surface area contributed by atoms with Crippen LogP contribution in [0, 0.1) is 18.7 Å². The van der Waals surface area contributed by atoms with Crippen LogP contribution < -0.4 is 14.8 Å². The topological polar surface area (TPSA) is 122 Å². The van der Waals surface area contributed by atoms with Gasteiger partial charge in [-0.1, -0.05) is 0 Å². The van der Waals surface area contributed by atoms with E-state index < -0.39 is 5.82 Å². The number of ether oxygens (including phenoxy) is 2. The van der Waals surface area contributed by atoms with Gasteiger partial charge in [0, 0.05) is 41.7 Å². The number of pyridine rings is 2. The van der Waals surface area contributed by atoms with Gasteiger partial charge in [-0.15, -0.1) is 0 Å². The molecule has 0 radical (unpaired) electrons. The maximum absolute atomic E-state index is 14.4. The van der Waals surface area contributed by atoms with Gasteiger partial charge in [0.2, 0.25) is 11.8 Å². The van der Waals surface area contributed by atoms with Crippen LogP contribution in [0.2, 0.25) is 0 Å². The Balaban J connectivity index is 1.14. The van der Waals surface area contributed by atoms with Crippen LogP contribution in [0.25, 0.3) is 11.3 Å². The smallest absolute Gasteiger partial charge is 0.274 e. The molecule has 2 fully saturated rings. The summed E-state index contributed by atoms with van der Waals surface area (Å²) in [7, 11) is 1.45. The largest absolute Gasteiger partial charge is 0.491 e. The first-order valence-electron chi connectivity index (χ1n) is 12.8. The zero-order valence-electron chi connectivity index (χ0n) is 21.3. The van der Waals surface area contributed by atoms with Crippen molar-refractivity contribution in [2.24, 2.45) is 5.92 Å². The average molecular weight is 521 g/mol. The molecule has 1 saturated heterocycles. The van der Waals surface area contributed by atoms with E-state index in [9.17, 15) is 14.0 Å². The molecule has 2 amide bonds. The van der Waals surface area contributed by atoms with E-state index in [1.165, 1.54) is 13.2 Å². The SMILES string of the molecule is COc1cc(-c2cc(C(=O)N3CCC(C(=O)NC4CCOc5ccc(C)nc54)CC34CC4)n[nH]2)c(F)cn1. The van der Waals surface area contributed by atoms with Crippen molar-refractivity contribution in [3.8, 4) is 22.9 Å². The maximum Gasteiger partial charge on any atom is 0.274 e. The number of aryl methyl sites for hydroxylation is 1. The Morgan fingerprint density at radius 2 is 2.11 bits per heavy atom. The summed E-state index contributed by atoms with van der Waals surface area (Å²) >= 11 is 0. The fourth-order valence-electron chi connectivity index (χ4n) is 5.59. The number of nitrogens with one attached hydrogen (secondary N) is 2. The summed E-state index contributed by atoms with van der Waals surface area (Å²) in [6, 6.07) is 6.62. The normalized spacial score (nSPS) is 21.4. The number of hydrogen-bond donors (Lipinski definition) is 2. The lowest BCUT2D eigenvalue weighted by Gasteiger charge is -2.40. The Kier molecular flexibility index (Phi) is 6.00. The summed E-state index contributed by atoms with van der Waals surface area (Å²) in [5, 5.41) is 10.1. The summed E-state index contributed by atoms with van der Waals surface area (Å²) in [5.74, 6) is 0.0188. The number of amides is 2. The number of aromatic amines is 1. The van der Waals surface area contributed by atoms with Crippen molar-refractivity contribution in [2.75, 3.05) is 20.3 Å². The van der Waals surface area contributed by atoms with Crippen molar-refractivity contribution in [2.45, 2.75) is 50.6 Å². The predicted octanol–water partition coefficient (Wildman–Crippen LogP) is 3.35. The molecule has 5 heterocycles. The zero-order chi connectivity index (χ0) is 26.4. The number of H-pyrrole nitrogens is 1. The monoisotopic (exact) mass is 520 g/mol. The lowest BCUT2D eigenvalue weighted by Crippen LogP contribution is -2.51. The first-order valence-corrected chi connectivity index (χ1v) is 12.8. The fraction of sp³-hybridized carbons (Fsp3) is 0.444. The molecule has 6 rings (SSSR count). The van der Waals surface area contributed by atoms with E-state index in [1.807, 2.05) is 24.0 Å². The van der Waals surface area contributed by atoms with E-state index in [1.54, 1.807) is 6.07 Å². The number of methoxy groups -OCH3 is 1. The van der Waals surface area contributed by atoms with Crippen molar-refractivity contribution < 1.29 is 23.5 Å². The molecule has 1 saturated carbocycles. The second kappa shape index (κ2) is 9.38. The average Bonchev–Trinajstić information content (AvgIpc) is 3.50. The Morgan fingerprint density at radius 3 is 2.89 bits per heavy atom. The highest BCUT2D eigenvalue weighted by Gasteiger charge is 2.55. The van der Waals surface area contributed by atoms with E-state index in [-0.39, 0.29) is 46.5 Å². The van der Waals surface area contributed by atoms with Gasteiger partial charge in [0.15, 0.2) is 11.5 Å². The van der Waals surface area contributed by atoms with Gasteiger partial charge in [0.25, 0.3) is 5.91 Å². The van der Waals surface area contributed by atoms with Crippen LogP contribution in [-0.4, -0.2) is 62.7 Å². The van der Waals surface area contributed by atoms with Crippen LogP contribution in [0.4, 0.5) is 4.39 Å². The second-order valence-electron chi connectivity index (χ2n) is 10.3. The highest BCUT2D eigenvalue weighted by atomic mass is 19.1. The number of carbonyl (C=O) groups excluding carboxylic acids is 2. The third kappa shape index (κ3) is 4.35. The molecule has 3 aromatic heterocycles. The third-order valence-corrected chi connectivity index (χ3v) is 7.81. The molecule has 3 aromatic rings. The molecule has 2 atom stereocenters. The quantitative estimate of drug-likeness (QED) is 0.529. The lowest BCUT2D eigenvalue weighted by atomic mass is 9.87. The number of carbonyl (C=O) groups is 2. The summed E-state index contributed by atoms with van der Waals surface area (Å²) in [6.07, 6.45) is 4.60. The van der Waals surface area contributed by atoms with E-state index in [4.69, 9.17) is 9.47 Å². The number of nitrogens with zero attached hydrogens (tertiary/aromatic N) is 4. The molecule has 2 N–H and O–H groups in total. The van der Waals surface area contributed by atoms with Gasteiger partial charge in [0.1, 0.15) is 11.4 Å². The first-order chi connectivity index (χ1) is 18.4. The summed E-state index contributed by atoms with van der Waals surface area (Å²) in [5.41, 5.74) is 2.11. The minimum absolute atomic E-state index is 0.00584. The van der Waals surface area contributed by atoms with Gasteiger partial charge in [-0.05, 0) is 50.8 Å². The second-order valence-corrected chi connectivity index (χ2v) is 10.3. The van der Waals surface area contributed by atoms with Crippen LogP contribution in [0.15, 0.2) is 30.5 Å². The van der Waals surface area contributed by atoms with E-state index in [0.717, 1.165) is 36.2 Å². The van der Waals surface area contributed by atoms with Crippen LogP contribution in [-0.2, 0) is 4.79 Å². The summed E-state index contributed by atoms with van der Waals surface area (Å²) in [4.78, 5) is 37.1. The molecule has 3 aliphatic rings. The van der Waals surface area contributed by atoms with E-state index >= 15 is 0 Å². The molecule has 2 aliphatic heterocycles. The number of aromatic nitrogens is 4. The van der Waals surface area contributed by atoms with Crippen LogP contribution in [0.5, 0.6) is 11.6 Å². The molecular weight excluding hydrogens is 491 g/mol. The lowest BCUT2D eigenvalue weighted by molar-refractivity contribution is -0.128. The fourth-order valence-corrected chi connectivity index (χ4v) is 5.59. The highest BCUT2D eigenvalue weighted by Crippen LogP contribution is 2.50. The Hall–Kier alpha value is -4.02. The van der Waals surface area contributed by atoms with Gasteiger partial charge in [-0.3, -0.25) is 19.7 Å². The van der Waals surface area contributed by atoms with E-state index in [2.05, 4.69) is 25.5 Å². The van der Waals surface area contributed by atoms with Gasteiger partial charge < -0.3 is 19.7 Å². The molecule has 1 spiro atoms. The molecule has 198 valence electrons. The van der Waals surface area contributed by atoms with Gasteiger partial charge >= 0.3 is 0 Å². The zero-order valence-corrected chi connectivity index (χ0v) is 21.3. The number of likely N-dealkylation sites (tertiary alicyclic amines) is 1. The van der Waals surface area contributed by atoms with Gasteiger partial charge in [-0.2, -0.15) is 5.10 Å². The van der Waals surface area contributed by atoms with Gasteiger partial charge in [-0.25, -0.2) is 9.37 Å². The van der Waals surface area contributed by atoms with Crippen molar-refractivity contribution in [1.82, 2.24) is 30.4 Å². The molecule has 11 heteroatoms. The maximum atomic E-state index is 14.4. The van der Waals surface area contributed by atoms with Crippen LogP contribution in [0.3, 0.4) is 0 Å². The molecule has 2 unspecified atom stereocenters. The summed E-state index contributed by atoms with van der Waals surface area (Å²) in [6.45, 7) is 2.91. The number of piperidine rings is 1. The highest BCUT2D eigenvalue weighted by molar-refractivity contribution is 5.94. The minimum atomic E-state index is -0.545. The van der Waals surface area contributed by atoms with Crippen molar-refractivity contribution in [3.63, 3.8) is 0 Å². The van der Waals surface area contributed by atoms with Crippen LogP contribution >= 0.6 is 0 Å². The third-order valence-electron chi connectivity index (χ3n) is 7.81. The molecule has 0 aromatic carbocycles. The molecule has 10 nitrogen and oxygen atoms in total. The molecular formula is C27H29FN6O4. The number of halogens is 1. The van der Waals surface area contributed by atoms with Crippen molar-refractivity contribution in [1.29, 1.82) is 0 Å². The molecule has 0 bridgehead atoms. The Morgan fingerprint density at radius 1 is 1.26 bits per heavy atom. The number of hydrogen-bond acceptors (Lipinski definition) is 7. The Labute approximate surface area is 218 Å². The summed E-state index contributed by atoms with van der Waals surface area (Å²) < 4.78 is 25.2. The standard InChI is InChI=1S/C27H29FN6O4/c1-15-3-4-22-24(30-15)19(6-10-38-22)31-25(35)16-5-9-34(27(13-16)7-8-27)26(36)21-12-20(32-33-21)17-11-23(37-2)29-14-18(17)28/h3-4,11-12,14,16,19H,5-10,13H2,1-2H3,(H,31,35)(H,32,33). The predicted molar refractivity (Wildman–Crippen MR) is 134 cm³/mol.